The van der Waals surface area contributed by atoms with Crippen LogP contribution in [0, 0.1) is 0 Å². The average Bonchev–Trinajstić information content (AvgIpc) is 3.39. The second-order valence-corrected chi connectivity index (χ2v) is 8.22. The van der Waals surface area contributed by atoms with Crippen LogP contribution in [0.2, 0.25) is 0 Å². The van der Waals surface area contributed by atoms with E-state index in [2.05, 4.69) is 71.3 Å². The maximum atomic E-state index is 5.66. The van der Waals surface area contributed by atoms with E-state index >= 15 is 0 Å². The van der Waals surface area contributed by atoms with E-state index < -0.39 is 0 Å². The number of anilines is 2. The fourth-order valence-corrected chi connectivity index (χ4v) is 4.92. The first-order valence-corrected chi connectivity index (χ1v) is 10.3. The van der Waals surface area contributed by atoms with Crippen LogP contribution in [0.3, 0.4) is 0 Å². The molecule has 6 rings (SSSR count). The van der Waals surface area contributed by atoms with Gasteiger partial charge in [0.05, 0.1) is 12.6 Å². The lowest BCUT2D eigenvalue weighted by Crippen LogP contribution is -2.22. The summed E-state index contributed by atoms with van der Waals surface area (Å²) >= 11 is 0. The molecule has 0 spiro atoms. The van der Waals surface area contributed by atoms with Gasteiger partial charge in [-0.3, -0.25) is 0 Å². The van der Waals surface area contributed by atoms with E-state index in [1.807, 2.05) is 0 Å². The van der Waals surface area contributed by atoms with Gasteiger partial charge in [-0.1, -0.05) is 42.5 Å². The first-order valence-electron chi connectivity index (χ1n) is 10.3. The summed E-state index contributed by atoms with van der Waals surface area (Å²) in [5, 5.41) is 7.38. The summed E-state index contributed by atoms with van der Waals surface area (Å²) in [6.07, 6.45) is 3.20. The molecule has 3 aromatic carbocycles. The van der Waals surface area contributed by atoms with E-state index in [0.29, 0.717) is 12.0 Å². The average molecular weight is 368 g/mol. The molecule has 3 nitrogen and oxygen atoms in total. The van der Waals surface area contributed by atoms with Gasteiger partial charge in [-0.2, -0.15) is 0 Å². The predicted octanol–water partition coefficient (Wildman–Crippen LogP) is 5.08. The summed E-state index contributed by atoms with van der Waals surface area (Å²) in [6.45, 7) is 1.82. The number of benzene rings is 3. The normalized spacial score (nSPS) is 21.7. The SMILES string of the molecule is c1ccc2c(c1)CC(c1ccc3c(c1)NCC(c1ccc4c(c1)CCO4)C3)N2. The van der Waals surface area contributed by atoms with Crippen molar-refractivity contribution < 1.29 is 4.74 Å². The number of hydrogen-bond acceptors (Lipinski definition) is 3. The topological polar surface area (TPSA) is 33.3 Å². The summed E-state index contributed by atoms with van der Waals surface area (Å²) in [7, 11) is 0. The summed E-state index contributed by atoms with van der Waals surface area (Å²) in [5.41, 5.74) is 9.58. The van der Waals surface area contributed by atoms with E-state index in [9.17, 15) is 0 Å². The zero-order chi connectivity index (χ0) is 18.5. The molecule has 3 aromatic rings. The van der Waals surface area contributed by atoms with Gasteiger partial charge in [0.1, 0.15) is 5.75 Å². The minimum Gasteiger partial charge on any atom is -0.493 e. The van der Waals surface area contributed by atoms with Crippen LogP contribution in [0.1, 0.15) is 39.8 Å². The van der Waals surface area contributed by atoms with Gasteiger partial charge in [-0.15, -0.1) is 0 Å². The number of para-hydroxylation sites is 1. The van der Waals surface area contributed by atoms with Crippen LogP contribution < -0.4 is 15.4 Å². The van der Waals surface area contributed by atoms with E-state index in [0.717, 1.165) is 38.2 Å². The molecular weight excluding hydrogens is 344 g/mol. The molecular formula is C25H24N2O. The Morgan fingerprint density at radius 1 is 0.786 bits per heavy atom. The van der Waals surface area contributed by atoms with Crippen molar-refractivity contribution in [1.82, 2.24) is 0 Å². The third-order valence-corrected chi connectivity index (χ3v) is 6.50. The Hall–Kier alpha value is -2.94. The molecule has 3 heterocycles. The molecule has 140 valence electrons. The number of nitrogens with one attached hydrogen (secondary N) is 2. The monoisotopic (exact) mass is 368 g/mol. The zero-order valence-electron chi connectivity index (χ0n) is 15.9. The molecule has 3 heteroatoms. The Labute approximate surface area is 165 Å². The minimum atomic E-state index is 0.374. The number of ether oxygens (including phenoxy) is 1. The minimum absolute atomic E-state index is 0.374. The van der Waals surface area contributed by atoms with E-state index in [1.165, 1.54) is 39.2 Å². The fraction of sp³-hybridized carbons (Fsp3) is 0.280. The number of fused-ring (bicyclic) bond motifs is 3. The van der Waals surface area contributed by atoms with Crippen LogP contribution in [-0.2, 0) is 19.3 Å². The van der Waals surface area contributed by atoms with E-state index in [1.54, 1.807) is 0 Å². The summed E-state index contributed by atoms with van der Waals surface area (Å²) < 4.78 is 5.66. The summed E-state index contributed by atoms with van der Waals surface area (Å²) in [6, 6.07) is 22.8. The highest BCUT2D eigenvalue weighted by molar-refractivity contribution is 5.62. The van der Waals surface area contributed by atoms with Crippen LogP contribution in [0.15, 0.2) is 60.7 Å². The second-order valence-electron chi connectivity index (χ2n) is 8.22. The molecule has 0 bridgehead atoms. The molecule has 2 N–H and O–H groups in total. The molecule has 0 aliphatic carbocycles. The zero-order valence-corrected chi connectivity index (χ0v) is 15.9. The lowest BCUT2D eigenvalue weighted by Gasteiger charge is -2.28. The van der Waals surface area contributed by atoms with Gasteiger partial charge in [0.15, 0.2) is 0 Å². The van der Waals surface area contributed by atoms with Crippen molar-refractivity contribution in [1.29, 1.82) is 0 Å². The molecule has 0 aromatic heterocycles. The summed E-state index contributed by atoms with van der Waals surface area (Å²) in [5.74, 6) is 1.60. The molecule has 0 fully saturated rings. The van der Waals surface area contributed by atoms with Crippen molar-refractivity contribution >= 4 is 11.4 Å². The molecule has 0 saturated carbocycles. The maximum Gasteiger partial charge on any atom is 0.122 e. The number of rotatable bonds is 2. The third kappa shape index (κ3) is 2.65. The van der Waals surface area contributed by atoms with Gasteiger partial charge in [0, 0.05) is 30.3 Å². The van der Waals surface area contributed by atoms with Gasteiger partial charge in [-0.25, -0.2) is 0 Å². The van der Waals surface area contributed by atoms with Gasteiger partial charge >= 0.3 is 0 Å². The first-order chi connectivity index (χ1) is 13.8. The molecule has 2 unspecified atom stereocenters. The highest BCUT2D eigenvalue weighted by Gasteiger charge is 2.25. The van der Waals surface area contributed by atoms with Gasteiger partial charge < -0.3 is 15.4 Å². The molecule has 0 amide bonds. The maximum absolute atomic E-state index is 5.66. The van der Waals surface area contributed by atoms with Gasteiger partial charge in [-0.05, 0) is 58.9 Å². The van der Waals surface area contributed by atoms with E-state index in [4.69, 9.17) is 4.74 Å². The second kappa shape index (κ2) is 6.30. The molecule has 3 aliphatic heterocycles. The molecule has 3 aliphatic rings. The van der Waals surface area contributed by atoms with Gasteiger partial charge in [0.25, 0.3) is 0 Å². The summed E-state index contributed by atoms with van der Waals surface area (Å²) in [4.78, 5) is 0. The molecule has 0 radical (unpaired) electrons. The van der Waals surface area contributed by atoms with Crippen molar-refractivity contribution in [2.75, 3.05) is 23.8 Å². The highest BCUT2D eigenvalue weighted by Crippen LogP contribution is 2.38. The van der Waals surface area contributed by atoms with Crippen LogP contribution in [-0.4, -0.2) is 13.2 Å². The number of hydrogen-bond donors (Lipinski definition) is 2. The first kappa shape index (κ1) is 16.1. The van der Waals surface area contributed by atoms with Crippen molar-refractivity contribution in [3.05, 3.63) is 88.5 Å². The highest BCUT2D eigenvalue weighted by atomic mass is 16.5. The predicted molar refractivity (Wildman–Crippen MR) is 114 cm³/mol. The van der Waals surface area contributed by atoms with Crippen molar-refractivity contribution in [2.45, 2.75) is 31.2 Å². The fourth-order valence-electron chi connectivity index (χ4n) is 4.92. The lowest BCUT2D eigenvalue weighted by molar-refractivity contribution is 0.357. The van der Waals surface area contributed by atoms with Crippen molar-refractivity contribution in [3.8, 4) is 5.75 Å². The van der Waals surface area contributed by atoms with Crippen molar-refractivity contribution in [3.63, 3.8) is 0 Å². The Morgan fingerprint density at radius 3 is 2.64 bits per heavy atom. The molecule has 2 atom stereocenters. The Morgan fingerprint density at radius 2 is 1.68 bits per heavy atom. The lowest BCUT2D eigenvalue weighted by atomic mass is 9.86. The Kier molecular flexibility index (Phi) is 3.61. The quantitative estimate of drug-likeness (QED) is 0.662. The molecule has 0 saturated heterocycles. The van der Waals surface area contributed by atoms with Crippen LogP contribution >= 0.6 is 0 Å². The largest absolute Gasteiger partial charge is 0.493 e. The molecule has 28 heavy (non-hydrogen) atoms. The van der Waals surface area contributed by atoms with Crippen molar-refractivity contribution in [2.24, 2.45) is 0 Å². The third-order valence-electron chi connectivity index (χ3n) is 6.50. The van der Waals surface area contributed by atoms with Crippen LogP contribution in [0.4, 0.5) is 11.4 Å². The Bertz CT molecular complexity index is 1030. The van der Waals surface area contributed by atoms with Crippen LogP contribution in [0.5, 0.6) is 5.75 Å². The van der Waals surface area contributed by atoms with Crippen LogP contribution in [0.25, 0.3) is 0 Å². The smallest absolute Gasteiger partial charge is 0.122 e. The Balaban J connectivity index is 1.23. The van der Waals surface area contributed by atoms with Gasteiger partial charge in [0.2, 0.25) is 0 Å². The standard InChI is InChI=1S/C25H24N2O/c1-2-4-22-17(3-1)14-24(27-22)19-6-5-18-12-21(15-26-23(18)13-19)16-7-8-25-20(11-16)9-10-28-25/h1-8,11,13,21,24,26-27H,9-10,12,14-15H2. The van der Waals surface area contributed by atoms with E-state index in [-0.39, 0.29) is 0 Å².